The molecule has 116 valence electrons. The average molecular weight is 321 g/mol. The Kier molecular flexibility index (Phi) is 5.52. The SMILES string of the molecule is Cc1ccc(CNC(C)C(=O)Nc2ccc(F)cc2Cl)cc1. The number of hydrogen-bond donors (Lipinski definition) is 2. The van der Waals surface area contributed by atoms with E-state index in [9.17, 15) is 9.18 Å². The molecule has 0 fully saturated rings. The highest BCUT2D eigenvalue weighted by atomic mass is 35.5. The minimum absolute atomic E-state index is 0.180. The van der Waals surface area contributed by atoms with Gasteiger partial charge in [0.2, 0.25) is 5.91 Å². The van der Waals surface area contributed by atoms with E-state index in [-0.39, 0.29) is 10.9 Å². The summed E-state index contributed by atoms with van der Waals surface area (Å²) in [6.07, 6.45) is 0. The van der Waals surface area contributed by atoms with Crippen LogP contribution < -0.4 is 10.6 Å². The number of aryl methyl sites for hydroxylation is 1. The number of anilines is 1. The van der Waals surface area contributed by atoms with Gasteiger partial charge in [0.15, 0.2) is 0 Å². The Morgan fingerprint density at radius 2 is 1.91 bits per heavy atom. The summed E-state index contributed by atoms with van der Waals surface area (Å²) in [4.78, 5) is 12.1. The van der Waals surface area contributed by atoms with Crippen LogP contribution in [0, 0.1) is 12.7 Å². The Morgan fingerprint density at radius 1 is 1.23 bits per heavy atom. The first kappa shape index (κ1) is 16.5. The van der Waals surface area contributed by atoms with Crippen molar-refractivity contribution in [3.05, 3.63) is 64.4 Å². The van der Waals surface area contributed by atoms with E-state index in [4.69, 9.17) is 11.6 Å². The molecule has 1 unspecified atom stereocenters. The Labute approximate surface area is 134 Å². The minimum atomic E-state index is -0.437. The first-order valence-corrected chi connectivity index (χ1v) is 7.38. The molecule has 0 spiro atoms. The van der Waals surface area contributed by atoms with E-state index in [1.165, 1.54) is 23.8 Å². The smallest absolute Gasteiger partial charge is 0.241 e. The highest BCUT2D eigenvalue weighted by Crippen LogP contribution is 2.22. The number of carbonyl (C=O) groups excluding carboxylic acids is 1. The molecule has 2 rings (SSSR count). The monoisotopic (exact) mass is 320 g/mol. The maximum Gasteiger partial charge on any atom is 0.241 e. The summed E-state index contributed by atoms with van der Waals surface area (Å²) < 4.78 is 13.0. The van der Waals surface area contributed by atoms with Crippen LogP contribution >= 0.6 is 11.6 Å². The van der Waals surface area contributed by atoms with Crippen molar-refractivity contribution in [1.82, 2.24) is 5.32 Å². The molecule has 2 aromatic rings. The maximum atomic E-state index is 13.0. The molecule has 0 aliphatic rings. The highest BCUT2D eigenvalue weighted by Gasteiger charge is 2.14. The second-order valence-corrected chi connectivity index (χ2v) is 5.61. The Hall–Kier alpha value is -1.91. The van der Waals surface area contributed by atoms with Gasteiger partial charge in [-0.25, -0.2) is 4.39 Å². The first-order valence-electron chi connectivity index (χ1n) is 7.00. The quantitative estimate of drug-likeness (QED) is 0.877. The number of benzene rings is 2. The second-order valence-electron chi connectivity index (χ2n) is 5.20. The first-order chi connectivity index (χ1) is 10.5. The summed E-state index contributed by atoms with van der Waals surface area (Å²) in [5, 5.41) is 6.00. The van der Waals surface area contributed by atoms with E-state index in [2.05, 4.69) is 10.6 Å². The van der Waals surface area contributed by atoms with Gasteiger partial charge in [0.25, 0.3) is 0 Å². The molecule has 2 aromatic carbocycles. The van der Waals surface area contributed by atoms with Crippen molar-refractivity contribution in [2.24, 2.45) is 0 Å². The summed E-state index contributed by atoms with van der Waals surface area (Å²) in [5.74, 6) is -0.658. The lowest BCUT2D eigenvalue weighted by Gasteiger charge is -2.15. The minimum Gasteiger partial charge on any atom is -0.323 e. The van der Waals surface area contributed by atoms with Gasteiger partial charge < -0.3 is 10.6 Å². The van der Waals surface area contributed by atoms with E-state index in [0.717, 1.165) is 5.56 Å². The Morgan fingerprint density at radius 3 is 2.55 bits per heavy atom. The van der Waals surface area contributed by atoms with Crippen molar-refractivity contribution in [1.29, 1.82) is 0 Å². The van der Waals surface area contributed by atoms with Crippen molar-refractivity contribution in [2.75, 3.05) is 5.32 Å². The van der Waals surface area contributed by atoms with Crippen LogP contribution in [0.3, 0.4) is 0 Å². The molecule has 1 atom stereocenters. The maximum absolute atomic E-state index is 13.0. The number of halogens is 2. The van der Waals surface area contributed by atoms with Crippen LogP contribution in [-0.2, 0) is 11.3 Å². The molecule has 1 amide bonds. The number of rotatable bonds is 5. The molecular formula is C17H18ClFN2O. The van der Waals surface area contributed by atoms with Crippen molar-refractivity contribution in [3.8, 4) is 0 Å². The third-order valence-corrected chi connectivity index (χ3v) is 3.63. The fourth-order valence-electron chi connectivity index (χ4n) is 1.90. The predicted molar refractivity (Wildman–Crippen MR) is 87.5 cm³/mol. The van der Waals surface area contributed by atoms with Gasteiger partial charge in [0.1, 0.15) is 5.82 Å². The molecule has 0 heterocycles. The zero-order valence-corrected chi connectivity index (χ0v) is 13.2. The van der Waals surface area contributed by atoms with E-state index in [0.29, 0.717) is 12.2 Å². The molecule has 3 nitrogen and oxygen atoms in total. The number of hydrogen-bond acceptors (Lipinski definition) is 2. The zero-order valence-electron chi connectivity index (χ0n) is 12.5. The predicted octanol–water partition coefficient (Wildman–Crippen LogP) is 3.90. The van der Waals surface area contributed by atoms with Crippen LogP contribution in [0.4, 0.5) is 10.1 Å². The molecule has 2 N–H and O–H groups in total. The summed E-state index contributed by atoms with van der Waals surface area (Å²) in [6, 6.07) is 11.6. The number of nitrogens with one attached hydrogen (secondary N) is 2. The highest BCUT2D eigenvalue weighted by molar-refractivity contribution is 6.33. The zero-order chi connectivity index (χ0) is 16.1. The fraction of sp³-hybridized carbons (Fsp3) is 0.235. The van der Waals surface area contributed by atoms with Gasteiger partial charge in [-0.1, -0.05) is 41.4 Å². The van der Waals surface area contributed by atoms with Crippen LogP contribution in [0.25, 0.3) is 0 Å². The molecule has 0 aliphatic carbocycles. The van der Waals surface area contributed by atoms with Gasteiger partial charge in [-0.3, -0.25) is 4.79 Å². The van der Waals surface area contributed by atoms with Crippen molar-refractivity contribution in [2.45, 2.75) is 26.4 Å². The van der Waals surface area contributed by atoms with Crippen LogP contribution in [0.5, 0.6) is 0 Å². The van der Waals surface area contributed by atoms with Gasteiger partial charge in [-0.15, -0.1) is 0 Å². The van der Waals surface area contributed by atoms with Gasteiger partial charge in [-0.05, 0) is 37.6 Å². The van der Waals surface area contributed by atoms with E-state index in [1.54, 1.807) is 6.92 Å². The molecule has 0 radical (unpaired) electrons. The van der Waals surface area contributed by atoms with Crippen LogP contribution in [0.1, 0.15) is 18.1 Å². The number of amides is 1. The molecule has 0 saturated heterocycles. The molecule has 22 heavy (non-hydrogen) atoms. The van der Waals surface area contributed by atoms with E-state index >= 15 is 0 Å². The standard InChI is InChI=1S/C17H18ClFN2O/c1-11-3-5-13(6-4-11)10-20-12(2)17(22)21-16-8-7-14(19)9-15(16)18/h3-9,12,20H,10H2,1-2H3,(H,21,22). The lowest BCUT2D eigenvalue weighted by molar-refractivity contribution is -0.117. The third-order valence-electron chi connectivity index (χ3n) is 3.32. The molecular weight excluding hydrogens is 303 g/mol. The van der Waals surface area contributed by atoms with Gasteiger partial charge in [0, 0.05) is 6.54 Å². The fourth-order valence-corrected chi connectivity index (χ4v) is 2.12. The van der Waals surface area contributed by atoms with Crippen molar-refractivity contribution in [3.63, 3.8) is 0 Å². The van der Waals surface area contributed by atoms with E-state index in [1.807, 2.05) is 31.2 Å². The summed E-state index contributed by atoms with van der Waals surface area (Å²) in [7, 11) is 0. The van der Waals surface area contributed by atoms with Crippen molar-refractivity contribution < 1.29 is 9.18 Å². The molecule has 0 aromatic heterocycles. The lowest BCUT2D eigenvalue weighted by Crippen LogP contribution is -2.37. The average Bonchev–Trinajstić information content (AvgIpc) is 2.49. The summed E-state index contributed by atoms with van der Waals surface area (Å²) in [6.45, 7) is 4.38. The Bertz CT molecular complexity index is 658. The summed E-state index contributed by atoms with van der Waals surface area (Å²) >= 11 is 5.89. The van der Waals surface area contributed by atoms with Gasteiger partial charge in [-0.2, -0.15) is 0 Å². The third kappa shape index (κ3) is 4.55. The van der Waals surface area contributed by atoms with E-state index < -0.39 is 11.9 Å². The van der Waals surface area contributed by atoms with Gasteiger partial charge >= 0.3 is 0 Å². The van der Waals surface area contributed by atoms with Crippen LogP contribution in [0.15, 0.2) is 42.5 Å². The molecule has 5 heteroatoms. The largest absolute Gasteiger partial charge is 0.323 e. The Balaban J connectivity index is 1.90. The molecule has 0 bridgehead atoms. The van der Waals surface area contributed by atoms with Crippen molar-refractivity contribution >= 4 is 23.2 Å². The lowest BCUT2D eigenvalue weighted by atomic mass is 10.1. The van der Waals surface area contributed by atoms with Crippen LogP contribution in [0.2, 0.25) is 5.02 Å². The molecule has 0 saturated carbocycles. The molecule has 0 aliphatic heterocycles. The van der Waals surface area contributed by atoms with Crippen LogP contribution in [-0.4, -0.2) is 11.9 Å². The van der Waals surface area contributed by atoms with Gasteiger partial charge in [0.05, 0.1) is 16.8 Å². The number of carbonyl (C=O) groups is 1. The normalized spacial score (nSPS) is 12.0. The summed E-state index contributed by atoms with van der Waals surface area (Å²) in [5.41, 5.74) is 2.70. The second kappa shape index (κ2) is 7.38. The topological polar surface area (TPSA) is 41.1 Å².